The van der Waals surface area contributed by atoms with Gasteiger partial charge in [0.1, 0.15) is 11.6 Å². The van der Waals surface area contributed by atoms with Crippen molar-refractivity contribution in [2.75, 3.05) is 11.1 Å². The van der Waals surface area contributed by atoms with Gasteiger partial charge in [-0.2, -0.15) is 0 Å². The van der Waals surface area contributed by atoms with Crippen molar-refractivity contribution in [3.8, 4) is 0 Å². The van der Waals surface area contributed by atoms with Crippen LogP contribution in [0.1, 0.15) is 11.4 Å². The third-order valence-electron chi connectivity index (χ3n) is 2.03. The van der Waals surface area contributed by atoms with E-state index in [1.807, 2.05) is 25.3 Å². The highest BCUT2D eigenvalue weighted by Gasteiger charge is 2.03. The first-order valence-corrected chi connectivity index (χ1v) is 4.70. The van der Waals surface area contributed by atoms with Gasteiger partial charge in [0.15, 0.2) is 5.82 Å². The van der Waals surface area contributed by atoms with E-state index in [0.29, 0.717) is 18.2 Å². The van der Waals surface area contributed by atoms with E-state index < -0.39 is 0 Å². The zero-order valence-corrected chi connectivity index (χ0v) is 8.49. The molecule has 0 saturated carbocycles. The molecule has 5 nitrogen and oxygen atoms in total. The minimum atomic E-state index is 0.566. The molecule has 15 heavy (non-hydrogen) atoms. The fraction of sp³-hybridized carbons (Fsp3) is 0.200. The second-order valence-corrected chi connectivity index (χ2v) is 3.30. The van der Waals surface area contributed by atoms with E-state index in [4.69, 9.17) is 5.73 Å². The van der Waals surface area contributed by atoms with Crippen LogP contribution in [0.25, 0.3) is 0 Å². The van der Waals surface area contributed by atoms with Crippen molar-refractivity contribution in [3.05, 3.63) is 35.9 Å². The average molecular weight is 203 g/mol. The summed E-state index contributed by atoms with van der Waals surface area (Å²) in [4.78, 5) is 11.2. The molecule has 0 atom stereocenters. The Hall–Kier alpha value is -2.04. The number of imidazole rings is 1. The molecule has 0 radical (unpaired) electrons. The molecule has 0 unspecified atom stereocenters. The van der Waals surface area contributed by atoms with Gasteiger partial charge >= 0.3 is 0 Å². The summed E-state index contributed by atoms with van der Waals surface area (Å²) in [7, 11) is 0. The van der Waals surface area contributed by atoms with Crippen LogP contribution in [0.3, 0.4) is 0 Å². The van der Waals surface area contributed by atoms with Crippen LogP contribution in [0, 0.1) is 6.92 Å². The maximum absolute atomic E-state index is 5.71. The second-order valence-electron chi connectivity index (χ2n) is 3.30. The van der Waals surface area contributed by atoms with Gasteiger partial charge in [-0.25, -0.2) is 4.98 Å². The molecule has 0 aliphatic heterocycles. The molecule has 0 bridgehead atoms. The molecule has 5 heteroatoms. The summed E-state index contributed by atoms with van der Waals surface area (Å²) in [5, 5.41) is 3.14. The van der Waals surface area contributed by atoms with Gasteiger partial charge in [0.2, 0.25) is 0 Å². The summed E-state index contributed by atoms with van der Waals surface area (Å²) in [6, 6.07) is 3.89. The van der Waals surface area contributed by atoms with Crippen LogP contribution in [-0.2, 0) is 6.54 Å². The molecule has 2 aromatic rings. The van der Waals surface area contributed by atoms with Gasteiger partial charge in [0.25, 0.3) is 0 Å². The number of nitrogens with two attached hydrogens (primary N) is 1. The zero-order chi connectivity index (χ0) is 10.7. The summed E-state index contributed by atoms with van der Waals surface area (Å²) < 4.78 is 0. The van der Waals surface area contributed by atoms with Crippen LogP contribution in [0.4, 0.5) is 11.6 Å². The number of hydrogen-bond acceptors (Lipinski definition) is 4. The molecule has 0 amide bonds. The quantitative estimate of drug-likeness (QED) is 0.702. The number of aromatic nitrogens is 3. The Balaban J connectivity index is 2.02. The number of nitrogens with zero attached hydrogens (tertiary/aromatic N) is 2. The first-order valence-electron chi connectivity index (χ1n) is 4.70. The number of rotatable bonds is 3. The minimum absolute atomic E-state index is 0.566. The topological polar surface area (TPSA) is 79.6 Å². The molecule has 0 aliphatic rings. The molecule has 2 aromatic heterocycles. The van der Waals surface area contributed by atoms with E-state index in [2.05, 4.69) is 20.3 Å². The minimum Gasteiger partial charge on any atom is -0.382 e. The first-order chi connectivity index (χ1) is 7.25. The van der Waals surface area contributed by atoms with Gasteiger partial charge in [-0.15, -0.1) is 0 Å². The largest absolute Gasteiger partial charge is 0.382 e. The molecule has 0 fully saturated rings. The summed E-state index contributed by atoms with van der Waals surface area (Å²) in [5.41, 5.74) is 6.80. The lowest BCUT2D eigenvalue weighted by molar-refractivity contribution is 1.08. The zero-order valence-electron chi connectivity index (χ0n) is 8.49. The summed E-state index contributed by atoms with van der Waals surface area (Å²) in [6.07, 6.45) is 3.55. The molecule has 2 heterocycles. The number of aryl methyl sites for hydroxylation is 1. The van der Waals surface area contributed by atoms with E-state index in [1.54, 1.807) is 6.20 Å². The maximum Gasteiger partial charge on any atom is 0.169 e. The van der Waals surface area contributed by atoms with Crippen LogP contribution < -0.4 is 11.1 Å². The van der Waals surface area contributed by atoms with E-state index in [9.17, 15) is 0 Å². The smallest absolute Gasteiger partial charge is 0.169 e. The van der Waals surface area contributed by atoms with Gasteiger partial charge in [-0.05, 0) is 18.6 Å². The van der Waals surface area contributed by atoms with Crippen LogP contribution >= 0.6 is 0 Å². The monoisotopic (exact) mass is 203 g/mol. The Morgan fingerprint density at radius 3 is 3.00 bits per heavy atom. The van der Waals surface area contributed by atoms with Crippen LogP contribution in [0.5, 0.6) is 0 Å². The molecule has 0 aliphatic carbocycles. The Morgan fingerprint density at radius 2 is 2.40 bits per heavy atom. The van der Waals surface area contributed by atoms with E-state index in [1.165, 1.54) is 0 Å². The summed E-state index contributed by atoms with van der Waals surface area (Å²) in [6.45, 7) is 2.54. The molecule has 0 saturated heterocycles. The van der Waals surface area contributed by atoms with Crippen molar-refractivity contribution < 1.29 is 0 Å². The number of nitrogens with one attached hydrogen (secondary N) is 2. The number of anilines is 2. The highest BCUT2D eigenvalue weighted by molar-refractivity contribution is 5.56. The predicted octanol–water partition coefficient (Wildman–Crippen LogP) is 1.31. The molecule has 0 spiro atoms. The number of pyridine rings is 1. The Morgan fingerprint density at radius 1 is 1.53 bits per heavy atom. The van der Waals surface area contributed by atoms with E-state index in [0.717, 1.165) is 11.4 Å². The third-order valence-corrected chi connectivity index (χ3v) is 2.03. The molecular formula is C10H13N5. The van der Waals surface area contributed by atoms with Crippen molar-refractivity contribution in [2.24, 2.45) is 0 Å². The summed E-state index contributed by atoms with van der Waals surface area (Å²) in [5.74, 6) is 2.06. The van der Waals surface area contributed by atoms with Crippen LogP contribution in [0.15, 0.2) is 24.5 Å². The van der Waals surface area contributed by atoms with Crippen molar-refractivity contribution in [1.29, 1.82) is 0 Å². The molecular weight excluding hydrogens is 190 g/mol. The lowest BCUT2D eigenvalue weighted by Gasteiger charge is -2.02. The van der Waals surface area contributed by atoms with Crippen molar-refractivity contribution in [1.82, 2.24) is 15.0 Å². The van der Waals surface area contributed by atoms with Crippen LogP contribution in [0.2, 0.25) is 0 Å². The van der Waals surface area contributed by atoms with Gasteiger partial charge in [0.05, 0.1) is 0 Å². The number of nitrogen functional groups attached to an aromatic ring is 1. The maximum atomic E-state index is 5.71. The second kappa shape index (κ2) is 4.00. The third kappa shape index (κ3) is 2.25. The predicted molar refractivity (Wildman–Crippen MR) is 59.3 cm³/mol. The van der Waals surface area contributed by atoms with Crippen molar-refractivity contribution >= 4 is 11.6 Å². The molecule has 0 aromatic carbocycles. The van der Waals surface area contributed by atoms with Gasteiger partial charge in [-0.3, -0.25) is 4.98 Å². The SMILES string of the molecule is Cc1nc(NCc2cccnc2)c(N)[nH]1. The Bertz CT molecular complexity index is 434. The van der Waals surface area contributed by atoms with E-state index in [-0.39, 0.29) is 0 Å². The molecule has 2 rings (SSSR count). The summed E-state index contributed by atoms with van der Waals surface area (Å²) >= 11 is 0. The molecule has 4 N–H and O–H groups in total. The number of aromatic amines is 1. The Labute approximate surface area is 87.8 Å². The fourth-order valence-electron chi connectivity index (χ4n) is 1.33. The highest BCUT2D eigenvalue weighted by Crippen LogP contribution is 2.14. The Kier molecular flexibility index (Phi) is 2.53. The number of H-pyrrole nitrogens is 1. The van der Waals surface area contributed by atoms with Gasteiger partial charge < -0.3 is 16.0 Å². The number of hydrogen-bond donors (Lipinski definition) is 3. The van der Waals surface area contributed by atoms with Gasteiger partial charge in [-0.1, -0.05) is 6.07 Å². The van der Waals surface area contributed by atoms with E-state index >= 15 is 0 Å². The fourth-order valence-corrected chi connectivity index (χ4v) is 1.33. The van der Waals surface area contributed by atoms with Crippen molar-refractivity contribution in [2.45, 2.75) is 13.5 Å². The van der Waals surface area contributed by atoms with Gasteiger partial charge in [0, 0.05) is 18.9 Å². The average Bonchev–Trinajstić information content (AvgIpc) is 2.56. The van der Waals surface area contributed by atoms with Crippen LogP contribution in [-0.4, -0.2) is 15.0 Å². The lowest BCUT2D eigenvalue weighted by atomic mass is 10.3. The van der Waals surface area contributed by atoms with Crippen molar-refractivity contribution in [3.63, 3.8) is 0 Å². The normalized spacial score (nSPS) is 10.2. The highest BCUT2D eigenvalue weighted by atomic mass is 15.1. The first kappa shape index (κ1) is 9.51. The lowest BCUT2D eigenvalue weighted by Crippen LogP contribution is -2.02. The standard InChI is InChI=1S/C10H13N5/c1-7-14-9(11)10(15-7)13-6-8-3-2-4-12-5-8/h2-5,13H,6,11H2,1H3,(H,14,15). The molecule has 78 valence electrons.